The van der Waals surface area contributed by atoms with E-state index in [1.807, 2.05) is 12.4 Å². The highest BCUT2D eigenvalue weighted by Gasteiger charge is 2.25. The van der Waals surface area contributed by atoms with Crippen molar-refractivity contribution in [3.05, 3.63) is 30.1 Å². The number of thiocarbonyl (C=S) groups is 1. The Hall–Kier alpha value is -1.20. The molecule has 0 atom stereocenters. The fourth-order valence-corrected chi connectivity index (χ4v) is 2.70. The number of hydrogen-bond acceptors (Lipinski definition) is 3. The lowest BCUT2D eigenvalue weighted by Crippen LogP contribution is -2.51. The summed E-state index contributed by atoms with van der Waals surface area (Å²) in [5.41, 5.74) is 1.34. The molecule has 0 unspecified atom stereocenters. The first-order valence-electron chi connectivity index (χ1n) is 6.98. The van der Waals surface area contributed by atoms with Gasteiger partial charge in [-0.2, -0.15) is 0 Å². The predicted molar refractivity (Wildman–Crippen MR) is 79.8 cm³/mol. The van der Waals surface area contributed by atoms with Gasteiger partial charge in [0.2, 0.25) is 0 Å². The maximum atomic E-state index is 5.45. The molecule has 0 aromatic carbocycles. The molecule has 0 bridgehead atoms. The van der Waals surface area contributed by atoms with Crippen molar-refractivity contribution in [1.82, 2.24) is 20.1 Å². The van der Waals surface area contributed by atoms with E-state index < -0.39 is 0 Å². The van der Waals surface area contributed by atoms with E-state index in [0.29, 0.717) is 6.04 Å². The Balaban J connectivity index is 1.45. The molecule has 1 aromatic rings. The molecule has 4 nitrogen and oxygen atoms in total. The Kier molecular flexibility index (Phi) is 3.94. The summed E-state index contributed by atoms with van der Waals surface area (Å²) >= 11 is 5.45. The van der Waals surface area contributed by atoms with Gasteiger partial charge in [-0.1, -0.05) is 0 Å². The molecule has 3 rings (SSSR count). The van der Waals surface area contributed by atoms with Crippen LogP contribution in [-0.4, -0.2) is 52.1 Å². The highest BCUT2D eigenvalue weighted by molar-refractivity contribution is 7.80. The van der Waals surface area contributed by atoms with Crippen molar-refractivity contribution < 1.29 is 0 Å². The number of nitrogens with zero attached hydrogens (tertiary/aromatic N) is 3. The highest BCUT2D eigenvalue weighted by Crippen LogP contribution is 2.19. The maximum Gasteiger partial charge on any atom is 0.169 e. The monoisotopic (exact) mass is 276 g/mol. The molecule has 1 aromatic heterocycles. The third kappa shape index (κ3) is 3.64. The predicted octanol–water partition coefficient (Wildman–Crippen LogP) is 1.24. The number of pyridine rings is 1. The molecule has 1 aliphatic carbocycles. The van der Waals surface area contributed by atoms with Gasteiger partial charge in [0.1, 0.15) is 0 Å². The van der Waals surface area contributed by atoms with Crippen LogP contribution in [0.2, 0.25) is 0 Å². The van der Waals surface area contributed by atoms with Crippen LogP contribution in [0.25, 0.3) is 0 Å². The van der Waals surface area contributed by atoms with Crippen LogP contribution >= 0.6 is 12.2 Å². The van der Waals surface area contributed by atoms with Crippen LogP contribution in [0.3, 0.4) is 0 Å². The maximum absolute atomic E-state index is 5.45. The Morgan fingerprint density at radius 3 is 2.53 bits per heavy atom. The molecule has 5 heteroatoms. The smallest absolute Gasteiger partial charge is 0.169 e. The second-order valence-corrected chi connectivity index (χ2v) is 5.73. The molecule has 2 heterocycles. The van der Waals surface area contributed by atoms with Gasteiger partial charge in [-0.25, -0.2) is 0 Å². The summed E-state index contributed by atoms with van der Waals surface area (Å²) in [6, 6.07) is 4.83. The number of aromatic nitrogens is 1. The van der Waals surface area contributed by atoms with Gasteiger partial charge in [-0.3, -0.25) is 9.88 Å². The van der Waals surface area contributed by atoms with Crippen LogP contribution in [0, 0.1) is 0 Å². The topological polar surface area (TPSA) is 31.4 Å². The zero-order valence-corrected chi connectivity index (χ0v) is 11.9. The largest absolute Gasteiger partial charge is 0.360 e. The summed E-state index contributed by atoms with van der Waals surface area (Å²) in [4.78, 5) is 8.84. The van der Waals surface area contributed by atoms with Crippen molar-refractivity contribution in [2.24, 2.45) is 0 Å². The molecule has 2 fully saturated rings. The first-order valence-corrected chi connectivity index (χ1v) is 7.39. The summed E-state index contributed by atoms with van der Waals surface area (Å²) in [5, 5.41) is 4.37. The molecule has 1 aliphatic heterocycles. The van der Waals surface area contributed by atoms with Crippen molar-refractivity contribution in [3.8, 4) is 0 Å². The molecule has 2 aliphatic rings. The van der Waals surface area contributed by atoms with E-state index in [1.165, 1.54) is 18.4 Å². The van der Waals surface area contributed by atoms with Gasteiger partial charge in [-0.15, -0.1) is 0 Å². The zero-order chi connectivity index (χ0) is 13.1. The average molecular weight is 276 g/mol. The van der Waals surface area contributed by atoms with Crippen LogP contribution in [0.4, 0.5) is 0 Å². The second-order valence-electron chi connectivity index (χ2n) is 5.34. The van der Waals surface area contributed by atoms with Crippen molar-refractivity contribution in [2.45, 2.75) is 25.4 Å². The number of rotatable bonds is 3. The lowest BCUT2D eigenvalue weighted by molar-refractivity contribution is 0.174. The van der Waals surface area contributed by atoms with Gasteiger partial charge < -0.3 is 10.2 Å². The Labute approximate surface area is 119 Å². The first-order chi connectivity index (χ1) is 9.31. The Morgan fingerprint density at radius 1 is 1.21 bits per heavy atom. The molecule has 1 saturated carbocycles. The lowest BCUT2D eigenvalue weighted by atomic mass is 10.2. The highest BCUT2D eigenvalue weighted by atomic mass is 32.1. The minimum atomic E-state index is 0.655. The normalized spacial score (nSPS) is 20.3. The van der Waals surface area contributed by atoms with Crippen molar-refractivity contribution in [1.29, 1.82) is 0 Å². The summed E-state index contributed by atoms with van der Waals surface area (Å²) in [6.45, 7) is 5.23. The Bertz CT molecular complexity index is 424. The molecule has 102 valence electrons. The second kappa shape index (κ2) is 5.84. The van der Waals surface area contributed by atoms with Crippen LogP contribution in [0.1, 0.15) is 18.4 Å². The minimum Gasteiger partial charge on any atom is -0.360 e. The zero-order valence-electron chi connectivity index (χ0n) is 11.1. The fourth-order valence-electron chi connectivity index (χ4n) is 2.35. The van der Waals surface area contributed by atoms with Gasteiger partial charge in [-0.05, 0) is 42.8 Å². The van der Waals surface area contributed by atoms with Crippen LogP contribution in [0.15, 0.2) is 24.5 Å². The van der Waals surface area contributed by atoms with E-state index in [-0.39, 0.29) is 0 Å². The van der Waals surface area contributed by atoms with E-state index in [0.717, 1.165) is 37.8 Å². The van der Waals surface area contributed by atoms with Crippen LogP contribution < -0.4 is 5.32 Å². The number of hydrogen-bond donors (Lipinski definition) is 1. The quantitative estimate of drug-likeness (QED) is 0.840. The molecular weight excluding hydrogens is 256 g/mol. The van der Waals surface area contributed by atoms with E-state index >= 15 is 0 Å². The van der Waals surface area contributed by atoms with Crippen molar-refractivity contribution in [3.63, 3.8) is 0 Å². The SMILES string of the molecule is S=C(NC1CC1)N1CCN(Cc2ccncc2)CC1. The average Bonchev–Trinajstić information content (AvgIpc) is 3.25. The van der Waals surface area contributed by atoms with E-state index in [2.05, 4.69) is 32.2 Å². The molecule has 19 heavy (non-hydrogen) atoms. The summed E-state index contributed by atoms with van der Waals surface area (Å²) in [5.74, 6) is 0. The molecule has 1 saturated heterocycles. The van der Waals surface area contributed by atoms with Crippen LogP contribution in [0.5, 0.6) is 0 Å². The van der Waals surface area contributed by atoms with Gasteiger partial charge in [0.15, 0.2) is 5.11 Å². The molecule has 0 spiro atoms. The molecule has 1 N–H and O–H groups in total. The van der Waals surface area contributed by atoms with Gasteiger partial charge in [0, 0.05) is 51.2 Å². The fraction of sp³-hybridized carbons (Fsp3) is 0.571. The Morgan fingerprint density at radius 2 is 1.89 bits per heavy atom. The summed E-state index contributed by atoms with van der Waals surface area (Å²) in [6.07, 6.45) is 6.28. The third-order valence-corrected chi connectivity index (χ3v) is 4.10. The number of piperazine rings is 1. The van der Waals surface area contributed by atoms with Gasteiger partial charge >= 0.3 is 0 Å². The molecule has 0 amide bonds. The minimum absolute atomic E-state index is 0.655. The van der Waals surface area contributed by atoms with E-state index in [9.17, 15) is 0 Å². The summed E-state index contributed by atoms with van der Waals surface area (Å²) in [7, 11) is 0. The van der Waals surface area contributed by atoms with Crippen molar-refractivity contribution >= 4 is 17.3 Å². The van der Waals surface area contributed by atoms with Gasteiger partial charge in [0.05, 0.1) is 0 Å². The molecule has 0 radical (unpaired) electrons. The first kappa shape index (κ1) is 12.8. The van der Waals surface area contributed by atoms with E-state index in [1.54, 1.807) is 0 Å². The molecular formula is C14H20N4S. The number of nitrogens with one attached hydrogen (secondary N) is 1. The standard InChI is InChI=1S/C14H20N4S/c19-14(16-13-1-2-13)18-9-7-17(8-10-18)11-12-3-5-15-6-4-12/h3-6,13H,1-2,7-11H2,(H,16,19). The third-order valence-electron chi connectivity index (χ3n) is 3.72. The lowest BCUT2D eigenvalue weighted by Gasteiger charge is -2.36. The summed E-state index contributed by atoms with van der Waals surface area (Å²) < 4.78 is 0. The van der Waals surface area contributed by atoms with Gasteiger partial charge in [0.25, 0.3) is 0 Å². The van der Waals surface area contributed by atoms with Crippen LogP contribution in [-0.2, 0) is 6.54 Å². The van der Waals surface area contributed by atoms with Crippen molar-refractivity contribution in [2.75, 3.05) is 26.2 Å². The van der Waals surface area contributed by atoms with E-state index in [4.69, 9.17) is 12.2 Å².